The topological polar surface area (TPSA) is 90.0 Å². The second kappa shape index (κ2) is 6.01. The number of nitrogens with zero attached hydrogens (tertiary/aromatic N) is 5. The second-order valence-electron chi connectivity index (χ2n) is 5.80. The zero-order valence-corrected chi connectivity index (χ0v) is 13.4. The van der Waals surface area contributed by atoms with E-state index in [4.69, 9.17) is 15.5 Å². The molecule has 7 nitrogen and oxygen atoms in total. The molecule has 7 heteroatoms. The van der Waals surface area contributed by atoms with Crippen molar-refractivity contribution >= 4 is 22.9 Å². The van der Waals surface area contributed by atoms with Gasteiger partial charge in [0.25, 0.3) is 0 Å². The minimum Gasteiger partial charge on any atom is -0.378 e. The fraction of sp³-hybridized carbons (Fsp3) is 0.294. The van der Waals surface area contributed by atoms with E-state index in [0.29, 0.717) is 24.4 Å². The number of morpholine rings is 1. The molecule has 0 saturated carbocycles. The molecule has 2 N–H and O–H groups in total. The highest BCUT2D eigenvalue weighted by Gasteiger charge is 2.19. The Kier molecular flexibility index (Phi) is 3.70. The monoisotopic (exact) mass is 322 g/mol. The summed E-state index contributed by atoms with van der Waals surface area (Å²) >= 11 is 0. The average molecular weight is 322 g/mol. The maximum absolute atomic E-state index is 5.85. The summed E-state index contributed by atoms with van der Waals surface area (Å²) in [5.74, 6) is 0.934. The van der Waals surface area contributed by atoms with Crippen molar-refractivity contribution < 1.29 is 4.74 Å². The SMILES string of the molecule is Cc1ccc(-c2cnc3nc(N)nc(N4CCOCC4)c3n2)cc1. The van der Waals surface area contributed by atoms with Crippen LogP contribution in [-0.4, -0.2) is 46.2 Å². The maximum atomic E-state index is 5.85. The summed E-state index contributed by atoms with van der Waals surface area (Å²) in [7, 11) is 0. The van der Waals surface area contributed by atoms with E-state index >= 15 is 0 Å². The Morgan fingerprint density at radius 3 is 2.54 bits per heavy atom. The fourth-order valence-corrected chi connectivity index (χ4v) is 2.77. The fourth-order valence-electron chi connectivity index (χ4n) is 2.77. The third-order valence-corrected chi connectivity index (χ3v) is 4.06. The van der Waals surface area contributed by atoms with E-state index in [1.807, 2.05) is 12.1 Å². The number of ether oxygens (including phenoxy) is 1. The van der Waals surface area contributed by atoms with Crippen LogP contribution in [0.5, 0.6) is 0 Å². The summed E-state index contributed by atoms with van der Waals surface area (Å²) in [4.78, 5) is 20.0. The average Bonchev–Trinajstić information content (AvgIpc) is 2.62. The minimum atomic E-state index is 0.210. The van der Waals surface area contributed by atoms with Gasteiger partial charge in [0.1, 0.15) is 0 Å². The Balaban J connectivity index is 1.85. The van der Waals surface area contributed by atoms with Crippen LogP contribution in [-0.2, 0) is 4.74 Å². The molecule has 1 fully saturated rings. The van der Waals surface area contributed by atoms with Crippen molar-refractivity contribution in [3.63, 3.8) is 0 Å². The quantitative estimate of drug-likeness (QED) is 0.769. The molecule has 1 aromatic carbocycles. The van der Waals surface area contributed by atoms with E-state index in [-0.39, 0.29) is 5.95 Å². The van der Waals surface area contributed by atoms with Crippen molar-refractivity contribution in [3.8, 4) is 11.3 Å². The van der Waals surface area contributed by atoms with Gasteiger partial charge in [-0.15, -0.1) is 0 Å². The zero-order chi connectivity index (χ0) is 16.5. The molecule has 1 saturated heterocycles. The lowest BCUT2D eigenvalue weighted by molar-refractivity contribution is 0.122. The number of benzene rings is 1. The molecule has 4 rings (SSSR count). The van der Waals surface area contributed by atoms with Crippen molar-refractivity contribution in [2.75, 3.05) is 36.9 Å². The van der Waals surface area contributed by atoms with Gasteiger partial charge in [-0.25, -0.2) is 9.97 Å². The number of nitrogens with two attached hydrogens (primary N) is 1. The van der Waals surface area contributed by atoms with Gasteiger partial charge in [0.15, 0.2) is 17.0 Å². The Hall–Kier alpha value is -2.80. The predicted octanol–water partition coefficient (Wildman–Crippen LogP) is 1.81. The van der Waals surface area contributed by atoms with Gasteiger partial charge < -0.3 is 15.4 Å². The number of aromatic nitrogens is 4. The Labute approximate surface area is 139 Å². The third kappa shape index (κ3) is 2.74. The van der Waals surface area contributed by atoms with Gasteiger partial charge in [0.2, 0.25) is 5.95 Å². The van der Waals surface area contributed by atoms with E-state index in [1.54, 1.807) is 6.20 Å². The number of anilines is 2. The van der Waals surface area contributed by atoms with Gasteiger partial charge in [-0.3, -0.25) is 0 Å². The summed E-state index contributed by atoms with van der Waals surface area (Å²) in [5.41, 5.74) is 10.0. The molecule has 0 atom stereocenters. The second-order valence-corrected chi connectivity index (χ2v) is 5.80. The highest BCUT2D eigenvalue weighted by atomic mass is 16.5. The highest BCUT2D eigenvalue weighted by molar-refractivity contribution is 5.85. The van der Waals surface area contributed by atoms with Crippen LogP contribution in [0.25, 0.3) is 22.4 Å². The van der Waals surface area contributed by atoms with Gasteiger partial charge in [0, 0.05) is 18.7 Å². The first-order valence-electron chi connectivity index (χ1n) is 7.91. The maximum Gasteiger partial charge on any atom is 0.224 e. The van der Waals surface area contributed by atoms with E-state index in [1.165, 1.54) is 5.56 Å². The molecule has 0 bridgehead atoms. The molecular weight excluding hydrogens is 304 g/mol. The third-order valence-electron chi connectivity index (χ3n) is 4.06. The number of aryl methyl sites for hydroxylation is 1. The van der Waals surface area contributed by atoms with Gasteiger partial charge >= 0.3 is 0 Å². The van der Waals surface area contributed by atoms with E-state index in [9.17, 15) is 0 Å². The number of nitrogen functional groups attached to an aromatic ring is 1. The zero-order valence-electron chi connectivity index (χ0n) is 13.4. The number of fused-ring (bicyclic) bond motifs is 1. The van der Waals surface area contributed by atoms with Crippen LogP contribution in [0.1, 0.15) is 5.56 Å². The van der Waals surface area contributed by atoms with Gasteiger partial charge in [-0.05, 0) is 6.92 Å². The van der Waals surface area contributed by atoms with Crippen LogP contribution >= 0.6 is 0 Å². The van der Waals surface area contributed by atoms with Gasteiger partial charge in [-0.1, -0.05) is 29.8 Å². The van der Waals surface area contributed by atoms with Crippen molar-refractivity contribution in [1.29, 1.82) is 0 Å². The lowest BCUT2D eigenvalue weighted by Gasteiger charge is -2.28. The highest BCUT2D eigenvalue weighted by Crippen LogP contribution is 2.26. The van der Waals surface area contributed by atoms with Crippen LogP contribution in [0.4, 0.5) is 11.8 Å². The summed E-state index contributed by atoms with van der Waals surface area (Å²) in [6.45, 7) is 4.89. The summed E-state index contributed by atoms with van der Waals surface area (Å²) in [5, 5.41) is 0. The first-order chi connectivity index (χ1) is 11.7. The molecule has 0 spiro atoms. The largest absolute Gasteiger partial charge is 0.378 e. The molecule has 122 valence electrons. The molecule has 1 aliphatic rings. The van der Waals surface area contributed by atoms with E-state index < -0.39 is 0 Å². The summed E-state index contributed by atoms with van der Waals surface area (Å²) in [6, 6.07) is 8.20. The van der Waals surface area contributed by atoms with Crippen LogP contribution < -0.4 is 10.6 Å². The molecule has 0 amide bonds. The molecular formula is C17H18N6O. The lowest BCUT2D eigenvalue weighted by Crippen LogP contribution is -2.37. The van der Waals surface area contributed by atoms with Crippen LogP contribution in [0.3, 0.4) is 0 Å². The van der Waals surface area contributed by atoms with E-state index in [0.717, 1.165) is 30.2 Å². The van der Waals surface area contributed by atoms with Crippen LogP contribution in [0.2, 0.25) is 0 Å². The molecule has 0 unspecified atom stereocenters. The molecule has 3 heterocycles. The van der Waals surface area contributed by atoms with Gasteiger partial charge in [-0.2, -0.15) is 9.97 Å². The van der Waals surface area contributed by atoms with Crippen molar-refractivity contribution in [2.24, 2.45) is 0 Å². The van der Waals surface area contributed by atoms with Crippen LogP contribution in [0, 0.1) is 6.92 Å². The van der Waals surface area contributed by atoms with Crippen molar-refractivity contribution in [3.05, 3.63) is 36.0 Å². The molecule has 0 radical (unpaired) electrons. The molecule has 24 heavy (non-hydrogen) atoms. The normalized spacial score (nSPS) is 15.0. The lowest BCUT2D eigenvalue weighted by atomic mass is 10.1. The Bertz CT molecular complexity index is 874. The van der Waals surface area contributed by atoms with Crippen LogP contribution in [0.15, 0.2) is 30.5 Å². The van der Waals surface area contributed by atoms with Gasteiger partial charge in [0.05, 0.1) is 25.1 Å². The van der Waals surface area contributed by atoms with Crippen molar-refractivity contribution in [1.82, 2.24) is 19.9 Å². The summed E-state index contributed by atoms with van der Waals surface area (Å²) in [6.07, 6.45) is 1.72. The molecule has 1 aliphatic heterocycles. The molecule has 0 aliphatic carbocycles. The molecule has 2 aromatic heterocycles. The standard InChI is InChI=1S/C17H18N6O/c1-11-2-4-12(5-3-11)13-10-19-15-14(20-13)16(22-17(18)21-15)23-6-8-24-9-7-23/h2-5,10H,6-9H2,1H3,(H2,18,19,21,22). The van der Waals surface area contributed by atoms with Crippen molar-refractivity contribution in [2.45, 2.75) is 6.92 Å². The summed E-state index contributed by atoms with van der Waals surface area (Å²) < 4.78 is 5.42. The first kappa shape index (κ1) is 14.8. The predicted molar refractivity (Wildman–Crippen MR) is 92.7 cm³/mol. The first-order valence-corrected chi connectivity index (χ1v) is 7.91. The number of hydrogen-bond acceptors (Lipinski definition) is 7. The van der Waals surface area contributed by atoms with E-state index in [2.05, 4.69) is 38.9 Å². The minimum absolute atomic E-state index is 0.210. The number of hydrogen-bond donors (Lipinski definition) is 1. The Morgan fingerprint density at radius 2 is 1.79 bits per heavy atom. The Morgan fingerprint density at radius 1 is 1.04 bits per heavy atom. The number of rotatable bonds is 2. The smallest absolute Gasteiger partial charge is 0.224 e. The molecule has 3 aromatic rings.